The number of ether oxygens (including phenoxy) is 1. The molecule has 1 amide bonds. The van der Waals surface area contributed by atoms with Crippen molar-refractivity contribution in [2.75, 3.05) is 38.7 Å². The van der Waals surface area contributed by atoms with Gasteiger partial charge in [-0.1, -0.05) is 31.4 Å². The lowest BCUT2D eigenvalue weighted by atomic mass is 9.87. The number of benzene rings is 1. The SMILES string of the molecule is CCCCCN(C)CCCSC[C@H]1CC[C@H](N(C)C(=O)Oc2ccc(Cl)cc2)CC1. The smallest absolute Gasteiger partial charge is 0.410 e. The van der Waals surface area contributed by atoms with Crippen molar-refractivity contribution in [1.29, 1.82) is 0 Å². The second-order valence-corrected chi connectivity index (χ2v) is 10.1. The Labute approximate surface area is 192 Å². The minimum Gasteiger partial charge on any atom is -0.410 e. The molecule has 0 radical (unpaired) electrons. The number of nitrogens with zero attached hydrogens (tertiary/aromatic N) is 2. The molecule has 0 N–H and O–H groups in total. The zero-order chi connectivity index (χ0) is 21.8. The van der Waals surface area contributed by atoms with E-state index in [0.717, 1.165) is 18.8 Å². The lowest BCUT2D eigenvalue weighted by Crippen LogP contribution is -2.41. The third-order valence-corrected chi connectivity index (χ3v) is 7.53. The van der Waals surface area contributed by atoms with Crippen molar-refractivity contribution in [2.45, 2.75) is 64.3 Å². The van der Waals surface area contributed by atoms with Gasteiger partial charge in [-0.3, -0.25) is 0 Å². The Morgan fingerprint density at radius 3 is 2.40 bits per heavy atom. The molecule has 0 atom stereocenters. The van der Waals surface area contributed by atoms with Crippen molar-refractivity contribution in [3.05, 3.63) is 29.3 Å². The van der Waals surface area contributed by atoms with Crippen molar-refractivity contribution in [1.82, 2.24) is 9.80 Å². The van der Waals surface area contributed by atoms with Gasteiger partial charge in [0, 0.05) is 18.1 Å². The molecule has 1 aromatic rings. The fourth-order valence-corrected chi connectivity index (χ4v) is 5.25. The van der Waals surface area contributed by atoms with E-state index in [1.165, 1.54) is 63.1 Å². The van der Waals surface area contributed by atoms with Gasteiger partial charge in [-0.15, -0.1) is 0 Å². The van der Waals surface area contributed by atoms with Gasteiger partial charge in [0.15, 0.2) is 0 Å². The second kappa shape index (κ2) is 14.2. The maximum atomic E-state index is 12.4. The molecule has 1 aliphatic rings. The number of thioether (sulfide) groups is 1. The van der Waals surface area contributed by atoms with Crippen LogP contribution in [0.15, 0.2) is 24.3 Å². The maximum Gasteiger partial charge on any atom is 0.415 e. The average Bonchev–Trinajstić information content (AvgIpc) is 2.75. The molecule has 0 saturated heterocycles. The second-order valence-electron chi connectivity index (χ2n) is 8.55. The topological polar surface area (TPSA) is 32.8 Å². The van der Waals surface area contributed by atoms with Crippen molar-refractivity contribution < 1.29 is 9.53 Å². The molecule has 30 heavy (non-hydrogen) atoms. The van der Waals surface area contributed by atoms with Crippen LogP contribution in [0.5, 0.6) is 5.75 Å². The highest BCUT2D eigenvalue weighted by molar-refractivity contribution is 7.99. The summed E-state index contributed by atoms with van der Waals surface area (Å²) < 4.78 is 5.47. The number of unbranched alkanes of at least 4 members (excludes halogenated alkanes) is 2. The predicted octanol–water partition coefficient (Wildman–Crippen LogP) is 6.57. The summed E-state index contributed by atoms with van der Waals surface area (Å²) in [7, 11) is 4.10. The number of hydrogen-bond acceptors (Lipinski definition) is 4. The number of rotatable bonds is 12. The van der Waals surface area contributed by atoms with Crippen LogP contribution < -0.4 is 4.74 Å². The molecule has 1 aliphatic carbocycles. The third kappa shape index (κ3) is 9.49. The highest BCUT2D eigenvalue weighted by atomic mass is 35.5. The zero-order valence-corrected chi connectivity index (χ0v) is 20.5. The van der Waals surface area contributed by atoms with E-state index >= 15 is 0 Å². The molecule has 1 saturated carbocycles. The first-order valence-electron chi connectivity index (χ1n) is 11.5. The minimum atomic E-state index is -0.279. The molecule has 1 fully saturated rings. The quantitative estimate of drug-likeness (QED) is 0.334. The van der Waals surface area contributed by atoms with Crippen molar-refractivity contribution in [3.63, 3.8) is 0 Å². The summed E-state index contributed by atoms with van der Waals surface area (Å²) in [6, 6.07) is 7.20. The highest BCUT2D eigenvalue weighted by Gasteiger charge is 2.27. The van der Waals surface area contributed by atoms with E-state index in [-0.39, 0.29) is 12.1 Å². The molecule has 4 nitrogen and oxygen atoms in total. The van der Waals surface area contributed by atoms with Crippen LogP contribution >= 0.6 is 23.4 Å². The van der Waals surface area contributed by atoms with Gasteiger partial charge >= 0.3 is 6.09 Å². The Bertz CT molecular complexity index is 606. The first-order chi connectivity index (χ1) is 14.5. The molecule has 6 heteroatoms. The normalized spacial score (nSPS) is 19.1. The minimum absolute atomic E-state index is 0.279. The van der Waals surface area contributed by atoms with E-state index in [9.17, 15) is 4.79 Å². The molecular formula is C24H39ClN2O2S. The summed E-state index contributed by atoms with van der Waals surface area (Å²) in [5, 5.41) is 0.637. The van der Waals surface area contributed by atoms with Gasteiger partial charge in [-0.25, -0.2) is 4.79 Å². The maximum absolute atomic E-state index is 12.4. The largest absolute Gasteiger partial charge is 0.415 e. The Hall–Kier alpha value is -0.910. The molecule has 0 aromatic heterocycles. The lowest BCUT2D eigenvalue weighted by Gasteiger charge is -2.34. The van der Waals surface area contributed by atoms with Gasteiger partial charge < -0.3 is 14.5 Å². The molecule has 0 unspecified atom stereocenters. The fraction of sp³-hybridized carbons (Fsp3) is 0.708. The zero-order valence-electron chi connectivity index (χ0n) is 18.9. The molecule has 1 aromatic carbocycles. The van der Waals surface area contributed by atoms with Gasteiger partial charge in [-0.2, -0.15) is 11.8 Å². The average molecular weight is 455 g/mol. The monoisotopic (exact) mass is 454 g/mol. The predicted molar refractivity (Wildman–Crippen MR) is 130 cm³/mol. The molecule has 0 bridgehead atoms. The lowest BCUT2D eigenvalue weighted by molar-refractivity contribution is 0.127. The number of halogens is 1. The van der Waals surface area contributed by atoms with Gasteiger partial charge in [0.25, 0.3) is 0 Å². The standard InChI is InChI=1S/C24H39ClN2O2S/c1-4-5-6-16-26(2)17-7-18-30-19-20-8-12-22(13-9-20)27(3)24(28)29-23-14-10-21(25)11-15-23/h10-11,14-15,20,22H,4-9,12-13,16-19H2,1-3H3/t20-,22-. The van der Waals surface area contributed by atoms with Crippen molar-refractivity contribution in [3.8, 4) is 5.75 Å². The molecular weight excluding hydrogens is 416 g/mol. The van der Waals surface area contributed by atoms with Crippen molar-refractivity contribution >= 4 is 29.5 Å². The van der Waals surface area contributed by atoms with Gasteiger partial charge in [-0.05, 0) is 100 Å². The van der Waals surface area contributed by atoms with E-state index in [2.05, 4.69) is 30.6 Å². The van der Waals surface area contributed by atoms with E-state index < -0.39 is 0 Å². The van der Waals surface area contributed by atoms with E-state index in [1.807, 2.05) is 7.05 Å². The Morgan fingerprint density at radius 1 is 1.07 bits per heavy atom. The number of hydrogen-bond donors (Lipinski definition) is 0. The molecule has 170 valence electrons. The Kier molecular flexibility index (Phi) is 12.0. The van der Waals surface area contributed by atoms with Crippen LogP contribution in [0.3, 0.4) is 0 Å². The fourth-order valence-electron chi connectivity index (χ4n) is 3.95. The van der Waals surface area contributed by atoms with Crippen LogP contribution in [-0.2, 0) is 0 Å². The molecule has 0 heterocycles. The number of amides is 1. The van der Waals surface area contributed by atoms with Crippen LogP contribution in [0.4, 0.5) is 4.79 Å². The van der Waals surface area contributed by atoms with Gasteiger partial charge in [0.2, 0.25) is 0 Å². The summed E-state index contributed by atoms with van der Waals surface area (Å²) in [5.41, 5.74) is 0. The molecule has 2 rings (SSSR count). The van der Waals surface area contributed by atoms with E-state index in [4.69, 9.17) is 16.3 Å². The van der Waals surface area contributed by atoms with Crippen LogP contribution in [0.1, 0.15) is 58.3 Å². The third-order valence-electron chi connectivity index (χ3n) is 6.00. The Balaban J connectivity index is 1.57. The van der Waals surface area contributed by atoms with Crippen LogP contribution in [0, 0.1) is 5.92 Å². The van der Waals surface area contributed by atoms with Gasteiger partial charge in [0.05, 0.1) is 0 Å². The number of carbonyl (C=O) groups excluding carboxylic acids is 1. The van der Waals surface area contributed by atoms with E-state index in [1.54, 1.807) is 29.2 Å². The van der Waals surface area contributed by atoms with E-state index in [0.29, 0.717) is 10.8 Å². The highest BCUT2D eigenvalue weighted by Crippen LogP contribution is 2.30. The molecule has 0 aliphatic heterocycles. The summed E-state index contributed by atoms with van der Waals surface area (Å²) >= 11 is 7.99. The summed E-state index contributed by atoms with van der Waals surface area (Å²) in [6.45, 7) is 4.70. The van der Waals surface area contributed by atoms with Crippen LogP contribution in [0.2, 0.25) is 5.02 Å². The van der Waals surface area contributed by atoms with Gasteiger partial charge in [0.1, 0.15) is 5.75 Å². The van der Waals surface area contributed by atoms with Crippen LogP contribution in [0.25, 0.3) is 0 Å². The van der Waals surface area contributed by atoms with Crippen molar-refractivity contribution in [2.24, 2.45) is 5.92 Å². The first kappa shape index (κ1) is 25.4. The summed E-state index contributed by atoms with van der Waals surface area (Å²) in [4.78, 5) is 16.7. The first-order valence-corrected chi connectivity index (χ1v) is 13.0. The number of carbonyl (C=O) groups is 1. The summed E-state index contributed by atoms with van der Waals surface area (Å²) in [6.07, 6.45) is 9.50. The van der Waals surface area contributed by atoms with Crippen LogP contribution in [-0.4, -0.2) is 60.6 Å². The molecule has 0 spiro atoms. The Morgan fingerprint density at radius 2 is 1.73 bits per heavy atom. The summed E-state index contributed by atoms with van der Waals surface area (Å²) in [5.74, 6) is 3.84.